The third-order valence-electron chi connectivity index (χ3n) is 3.01. The minimum absolute atomic E-state index is 0.167. The van der Waals surface area contributed by atoms with Gasteiger partial charge in [-0.05, 0) is 42.8 Å². The normalized spacial score (nSPS) is 13.7. The van der Waals surface area contributed by atoms with Gasteiger partial charge in [0, 0.05) is 0 Å². The molecule has 1 aliphatic rings. The van der Waals surface area contributed by atoms with Crippen LogP contribution in [-0.4, -0.2) is 0 Å². The Hall–Kier alpha value is -1.99. The first-order valence-corrected chi connectivity index (χ1v) is 6.68. The molecule has 0 radical (unpaired) electrons. The van der Waals surface area contributed by atoms with Crippen LogP contribution in [0.4, 0.5) is 4.39 Å². The summed E-state index contributed by atoms with van der Waals surface area (Å²) in [5.41, 5.74) is 0.942. The first-order valence-electron chi connectivity index (χ1n) is 5.86. The van der Waals surface area contributed by atoms with Gasteiger partial charge in [-0.1, -0.05) is 17.8 Å². The van der Waals surface area contributed by atoms with E-state index in [1.165, 1.54) is 23.9 Å². The smallest absolute Gasteiger partial charge is 0.141 e. The van der Waals surface area contributed by atoms with Gasteiger partial charge in [0.15, 0.2) is 0 Å². The number of fused-ring (bicyclic) bond motifs is 2. The Kier molecular flexibility index (Phi) is 2.92. The van der Waals surface area contributed by atoms with Gasteiger partial charge in [0.05, 0.1) is 21.8 Å². The van der Waals surface area contributed by atoms with Crippen LogP contribution in [0, 0.1) is 17.1 Å². The Balaban J connectivity index is 2.01. The predicted molar refractivity (Wildman–Crippen MR) is 71.1 cm³/mol. The SMILES string of the molecule is CC(C#N)c1ccc2c(c1)Sc1cc(F)ccc1O2. The molecule has 0 bridgehead atoms. The Morgan fingerprint density at radius 2 is 1.84 bits per heavy atom. The van der Waals surface area contributed by atoms with Crippen molar-refractivity contribution in [1.82, 2.24) is 0 Å². The molecule has 1 atom stereocenters. The molecule has 0 N–H and O–H groups in total. The Morgan fingerprint density at radius 3 is 2.58 bits per heavy atom. The van der Waals surface area contributed by atoms with Crippen LogP contribution >= 0.6 is 11.8 Å². The fraction of sp³-hybridized carbons (Fsp3) is 0.133. The fourth-order valence-electron chi connectivity index (χ4n) is 1.92. The summed E-state index contributed by atoms with van der Waals surface area (Å²) < 4.78 is 19.0. The Labute approximate surface area is 114 Å². The average molecular weight is 271 g/mol. The van der Waals surface area contributed by atoms with Crippen molar-refractivity contribution < 1.29 is 9.13 Å². The van der Waals surface area contributed by atoms with Crippen molar-refractivity contribution in [2.75, 3.05) is 0 Å². The van der Waals surface area contributed by atoms with Gasteiger partial charge < -0.3 is 4.74 Å². The summed E-state index contributed by atoms with van der Waals surface area (Å²) in [5, 5.41) is 8.95. The molecule has 1 heterocycles. The lowest BCUT2D eigenvalue weighted by atomic mass is 10.0. The lowest BCUT2D eigenvalue weighted by Crippen LogP contribution is -1.97. The number of benzene rings is 2. The third kappa shape index (κ3) is 2.18. The lowest BCUT2D eigenvalue weighted by Gasteiger charge is -2.20. The Bertz CT molecular complexity index is 693. The van der Waals surface area contributed by atoms with E-state index in [2.05, 4.69) is 6.07 Å². The fourth-order valence-corrected chi connectivity index (χ4v) is 2.94. The van der Waals surface area contributed by atoms with Crippen molar-refractivity contribution in [3.05, 3.63) is 47.8 Å². The Morgan fingerprint density at radius 1 is 1.16 bits per heavy atom. The van der Waals surface area contributed by atoms with Gasteiger partial charge in [0.2, 0.25) is 0 Å². The second-order valence-corrected chi connectivity index (χ2v) is 5.44. The number of hydrogen-bond donors (Lipinski definition) is 0. The number of ether oxygens (including phenoxy) is 1. The van der Waals surface area contributed by atoms with E-state index in [1.807, 2.05) is 25.1 Å². The van der Waals surface area contributed by atoms with E-state index in [4.69, 9.17) is 10.00 Å². The zero-order valence-corrected chi connectivity index (χ0v) is 11.0. The molecule has 0 amide bonds. The highest BCUT2D eigenvalue weighted by Crippen LogP contribution is 2.47. The van der Waals surface area contributed by atoms with Crippen LogP contribution in [0.1, 0.15) is 18.4 Å². The van der Waals surface area contributed by atoms with Crippen molar-refractivity contribution in [3.8, 4) is 17.6 Å². The first-order chi connectivity index (χ1) is 9.17. The number of rotatable bonds is 1. The van der Waals surface area contributed by atoms with E-state index in [1.54, 1.807) is 6.07 Å². The second-order valence-electron chi connectivity index (χ2n) is 4.35. The lowest BCUT2D eigenvalue weighted by molar-refractivity contribution is 0.451. The summed E-state index contributed by atoms with van der Waals surface area (Å²) in [6.07, 6.45) is 0. The molecule has 1 aliphatic heterocycles. The van der Waals surface area contributed by atoms with Crippen LogP contribution < -0.4 is 4.74 Å². The van der Waals surface area contributed by atoms with E-state index in [-0.39, 0.29) is 11.7 Å². The van der Waals surface area contributed by atoms with Crippen LogP contribution in [0.25, 0.3) is 0 Å². The zero-order chi connectivity index (χ0) is 13.4. The summed E-state index contributed by atoms with van der Waals surface area (Å²) in [5.74, 6) is 0.970. The van der Waals surface area contributed by atoms with Crippen LogP contribution in [0.3, 0.4) is 0 Å². The predicted octanol–water partition coefficient (Wildman–Crippen LogP) is 4.71. The van der Waals surface area contributed by atoms with Crippen molar-refractivity contribution in [2.45, 2.75) is 22.6 Å². The molecule has 3 rings (SSSR count). The molecule has 0 aromatic heterocycles. The van der Waals surface area contributed by atoms with Crippen molar-refractivity contribution in [3.63, 3.8) is 0 Å². The molecule has 94 valence electrons. The molecule has 0 aliphatic carbocycles. The molecule has 4 heteroatoms. The van der Waals surface area contributed by atoms with Gasteiger partial charge in [0.1, 0.15) is 17.3 Å². The van der Waals surface area contributed by atoms with Crippen molar-refractivity contribution in [2.24, 2.45) is 0 Å². The monoisotopic (exact) mass is 271 g/mol. The molecule has 19 heavy (non-hydrogen) atoms. The van der Waals surface area contributed by atoms with Crippen LogP contribution in [0.5, 0.6) is 11.5 Å². The topological polar surface area (TPSA) is 33.0 Å². The maximum atomic E-state index is 13.2. The second kappa shape index (κ2) is 4.60. The number of nitriles is 1. The van der Waals surface area contributed by atoms with Gasteiger partial charge >= 0.3 is 0 Å². The minimum atomic E-state index is -0.278. The summed E-state index contributed by atoms with van der Waals surface area (Å²) in [6, 6.07) is 12.4. The molecule has 2 nitrogen and oxygen atoms in total. The maximum absolute atomic E-state index is 13.2. The van der Waals surface area contributed by atoms with Crippen LogP contribution in [-0.2, 0) is 0 Å². The van der Waals surface area contributed by atoms with Gasteiger partial charge in [-0.15, -0.1) is 0 Å². The molecule has 0 saturated heterocycles. The van der Waals surface area contributed by atoms with E-state index >= 15 is 0 Å². The van der Waals surface area contributed by atoms with Gasteiger partial charge in [-0.25, -0.2) is 4.39 Å². The summed E-state index contributed by atoms with van der Waals surface area (Å²) in [4.78, 5) is 1.67. The summed E-state index contributed by atoms with van der Waals surface area (Å²) in [6.45, 7) is 1.85. The highest BCUT2D eigenvalue weighted by Gasteiger charge is 2.19. The standard InChI is InChI=1S/C15H10FNOS/c1-9(8-17)10-2-4-12-14(6-10)19-15-7-11(16)3-5-13(15)18-12/h2-7,9H,1H3. The van der Waals surface area contributed by atoms with Crippen LogP contribution in [0.15, 0.2) is 46.2 Å². The van der Waals surface area contributed by atoms with E-state index in [0.717, 1.165) is 21.1 Å². The molecule has 2 aromatic carbocycles. The summed E-state index contributed by atoms with van der Waals surface area (Å²) in [7, 11) is 0. The maximum Gasteiger partial charge on any atom is 0.141 e. The molecule has 0 saturated carbocycles. The zero-order valence-electron chi connectivity index (χ0n) is 10.2. The largest absolute Gasteiger partial charge is 0.455 e. The molecule has 0 fully saturated rings. The number of halogens is 1. The van der Waals surface area contributed by atoms with E-state index < -0.39 is 0 Å². The molecule has 2 aromatic rings. The van der Waals surface area contributed by atoms with E-state index in [9.17, 15) is 4.39 Å². The average Bonchev–Trinajstić information content (AvgIpc) is 2.43. The molecule has 0 spiro atoms. The highest BCUT2D eigenvalue weighted by molar-refractivity contribution is 7.99. The minimum Gasteiger partial charge on any atom is -0.455 e. The first kappa shape index (κ1) is 12.1. The molecular weight excluding hydrogens is 261 g/mol. The van der Waals surface area contributed by atoms with Gasteiger partial charge in [-0.3, -0.25) is 0 Å². The van der Waals surface area contributed by atoms with Gasteiger partial charge in [-0.2, -0.15) is 5.26 Å². The molecular formula is C15H10FNOS. The number of hydrogen-bond acceptors (Lipinski definition) is 3. The summed E-state index contributed by atoms with van der Waals surface area (Å²) >= 11 is 1.46. The van der Waals surface area contributed by atoms with Crippen molar-refractivity contribution >= 4 is 11.8 Å². The highest BCUT2D eigenvalue weighted by atomic mass is 32.2. The number of nitrogens with zero attached hydrogens (tertiary/aromatic N) is 1. The van der Waals surface area contributed by atoms with Crippen molar-refractivity contribution in [1.29, 1.82) is 5.26 Å². The quantitative estimate of drug-likeness (QED) is 0.642. The van der Waals surface area contributed by atoms with Crippen LogP contribution in [0.2, 0.25) is 0 Å². The third-order valence-corrected chi connectivity index (χ3v) is 4.08. The van der Waals surface area contributed by atoms with E-state index in [0.29, 0.717) is 5.75 Å². The molecule has 1 unspecified atom stereocenters. The van der Waals surface area contributed by atoms with Gasteiger partial charge in [0.25, 0.3) is 0 Å².